The molecule has 4 aromatic rings. The Labute approximate surface area is 251 Å². The molecule has 2 bridgehead atoms. The van der Waals surface area contributed by atoms with Crippen molar-refractivity contribution in [2.24, 2.45) is 5.41 Å². The lowest BCUT2D eigenvalue weighted by atomic mass is 9.66. The van der Waals surface area contributed by atoms with Gasteiger partial charge in [0.15, 0.2) is 10.3 Å². The van der Waals surface area contributed by atoms with E-state index in [1.165, 1.54) is 24.3 Å². The van der Waals surface area contributed by atoms with E-state index in [4.69, 9.17) is 19.0 Å². The number of esters is 2. The molecule has 1 fully saturated rings. The van der Waals surface area contributed by atoms with Gasteiger partial charge >= 0.3 is 11.9 Å². The lowest BCUT2D eigenvalue weighted by molar-refractivity contribution is -0.387. The summed E-state index contributed by atoms with van der Waals surface area (Å²) in [6, 6.07) is 17.2. The number of nitro groups is 1. The molecule has 1 aliphatic carbocycles. The lowest BCUT2D eigenvalue weighted by Gasteiger charge is -2.52. The Bertz CT molecular complexity index is 1900. The number of carbonyl (C=O) groups excluding carboxylic acids is 2. The van der Waals surface area contributed by atoms with E-state index in [2.05, 4.69) is 0 Å². The summed E-state index contributed by atoms with van der Waals surface area (Å²) >= 11 is 0. The first kappa shape index (κ1) is 29.3. The zero-order valence-corrected chi connectivity index (χ0v) is 24.6. The number of benzene rings is 3. The number of fused-ring (bicyclic) bond motifs is 3. The van der Waals surface area contributed by atoms with Crippen LogP contribution in [0, 0.1) is 15.5 Å². The Morgan fingerprint density at radius 3 is 2.25 bits per heavy atom. The number of nitro benzene ring substituents is 1. The first-order chi connectivity index (χ1) is 21.1. The van der Waals surface area contributed by atoms with Crippen LogP contribution in [0.1, 0.15) is 35.4 Å². The molecule has 3 aliphatic rings. The van der Waals surface area contributed by atoms with Gasteiger partial charge in [0, 0.05) is 30.0 Å². The third-order valence-electron chi connectivity index (χ3n) is 8.19. The molecule has 1 saturated heterocycles. The number of methoxy groups -OCH3 is 3. The molecular weight excluding hydrogens is 594 g/mol. The number of hydrogen-bond acceptors (Lipinski definition) is 11. The van der Waals surface area contributed by atoms with Gasteiger partial charge in [-0.05, 0) is 29.8 Å². The van der Waals surface area contributed by atoms with Crippen molar-refractivity contribution in [2.45, 2.75) is 30.0 Å². The van der Waals surface area contributed by atoms with Crippen LogP contribution >= 0.6 is 0 Å². The number of ether oxygens (including phenoxy) is 3. The number of nitrogens with zero attached hydrogens (tertiary/aromatic N) is 3. The summed E-state index contributed by atoms with van der Waals surface area (Å²) in [5.74, 6) is -1.27. The number of hydrogen-bond donors (Lipinski definition) is 0. The minimum absolute atomic E-state index is 0.0212. The molecule has 7 rings (SSSR count). The van der Waals surface area contributed by atoms with E-state index in [0.29, 0.717) is 22.3 Å². The van der Waals surface area contributed by atoms with Gasteiger partial charge in [0.05, 0.1) is 37.5 Å². The molecule has 0 spiro atoms. The lowest BCUT2D eigenvalue weighted by Crippen LogP contribution is -2.59. The number of para-hydroxylation sites is 2. The first-order valence-corrected chi connectivity index (χ1v) is 14.9. The second kappa shape index (κ2) is 10.7. The van der Waals surface area contributed by atoms with E-state index in [0.717, 1.165) is 30.3 Å². The molecule has 14 heteroatoms. The summed E-state index contributed by atoms with van der Waals surface area (Å²) in [5.41, 5.74) is -1.27. The zero-order valence-electron chi connectivity index (χ0n) is 23.8. The van der Waals surface area contributed by atoms with Crippen molar-refractivity contribution in [1.82, 2.24) is 9.04 Å². The van der Waals surface area contributed by atoms with Gasteiger partial charge in [0.2, 0.25) is 0 Å². The van der Waals surface area contributed by atoms with Crippen molar-refractivity contribution in [2.75, 3.05) is 21.3 Å². The highest BCUT2D eigenvalue weighted by atomic mass is 32.2. The zero-order chi connectivity index (χ0) is 31.4. The van der Waals surface area contributed by atoms with Crippen molar-refractivity contribution in [3.63, 3.8) is 0 Å². The molecule has 2 aliphatic heterocycles. The summed E-state index contributed by atoms with van der Waals surface area (Å²) in [6.07, 6.45) is -1.18. The Morgan fingerprint density at radius 2 is 1.61 bits per heavy atom. The van der Waals surface area contributed by atoms with Crippen molar-refractivity contribution in [3.05, 3.63) is 99.7 Å². The van der Waals surface area contributed by atoms with E-state index in [1.807, 2.05) is 0 Å². The van der Waals surface area contributed by atoms with E-state index in [9.17, 15) is 28.1 Å². The SMILES string of the molecule is COC(=O)C1(C(=O)OC)C[C@H]2ON(Cc3ccc(OC)cc3)[C@@H]1c1c2c2ccccc2n1S(=O)(=O)c1ccccc1[N+](=O)[O-]. The summed E-state index contributed by atoms with van der Waals surface area (Å²) in [6.45, 7) is 0.0212. The Hall–Kier alpha value is -4.79. The van der Waals surface area contributed by atoms with Gasteiger partial charge in [-0.25, -0.2) is 12.4 Å². The normalized spacial score (nSPS) is 18.9. The molecule has 0 amide bonds. The van der Waals surface area contributed by atoms with E-state index in [1.54, 1.807) is 48.5 Å². The molecule has 3 aromatic carbocycles. The van der Waals surface area contributed by atoms with Gasteiger partial charge in [0.1, 0.15) is 17.9 Å². The maximum atomic E-state index is 14.6. The molecule has 1 aromatic heterocycles. The minimum atomic E-state index is -4.71. The standard InChI is InChI=1S/C30H27N3O10S/c1-40-19-14-12-18(13-15-19)17-31-27-26-25(23(43-31)16-30(27,28(34)41-2)29(35)42-3)20-8-4-5-9-21(20)32(26)44(38,39)24-11-7-6-10-22(24)33(36)37/h4-15,23,27H,16-17H2,1-3H3/t23-,27-/m1/s1. The molecule has 13 nitrogen and oxygen atoms in total. The van der Waals surface area contributed by atoms with Crippen LogP contribution in [-0.4, -0.2) is 55.6 Å². The van der Waals surface area contributed by atoms with Gasteiger partial charge in [0.25, 0.3) is 15.7 Å². The van der Waals surface area contributed by atoms with Crippen LogP contribution in [0.15, 0.2) is 77.7 Å². The average Bonchev–Trinajstić information content (AvgIpc) is 3.41. The van der Waals surface area contributed by atoms with Crippen LogP contribution in [0.2, 0.25) is 0 Å². The summed E-state index contributed by atoms with van der Waals surface area (Å²) in [5, 5.41) is 13.8. The van der Waals surface area contributed by atoms with Crippen molar-refractivity contribution < 1.29 is 42.0 Å². The summed E-state index contributed by atoms with van der Waals surface area (Å²) in [7, 11) is -0.923. The van der Waals surface area contributed by atoms with Crippen molar-refractivity contribution >= 4 is 38.6 Å². The van der Waals surface area contributed by atoms with Crippen molar-refractivity contribution in [1.29, 1.82) is 0 Å². The maximum Gasteiger partial charge on any atom is 0.325 e. The molecule has 44 heavy (non-hydrogen) atoms. The average molecular weight is 622 g/mol. The van der Waals surface area contributed by atoms with E-state index in [-0.39, 0.29) is 24.2 Å². The number of hydroxylamine groups is 2. The third-order valence-corrected chi connectivity index (χ3v) is 9.97. The second-order valence-electron chi connectivity index (χ2n) is 10.4. The van der Waals surface area contributed by atoms with Crippen LogP contribution in [0.3, 0.4) is 0 Å². The van der Waals surface area contributed by atoms with E-state index >= 15 is 0 Å². The predicted molar refractivity (Wildman–Crippen MR) is 154 cm³/mol. The number of rotatable bonds is 8. The van der Waals surface area contributed by atoms with Gasteiger partial charge in [-0.2, -0.15) is 5.06 Å². The number of aromatic nitrogens is 1. The summed E-state index contributed by atoms with van der Waals surface area (Å²) < 4.78 is 45.7. The third kappa shape index (κ3) is 4.17. The van der Waals surface area contributed by atoms with Gasteiger partial charge in [-0.3, -0.25) is 24.5 Å². The molecular formula is C30H27N3O10S. The molecule has 0 unspecified atom stereocenters. The fourth-order valence-corrected chi connectivity index (χ4v) is 8.08. The summed E-state index contributed by atoms with van der Waals surface area (Å²) in [4.78, 5) is 44.4. The molecule has 2 atom stereocenters. The first-order valence-electron chi connectivity index (χ1n) is 13.5. The van der Waals surface area contributed by atoms with Gasteiger partial charge in [-0.15, -0.1) is 0 Å². The number of carbonyl (C=O) groups is 2. The van der Waals surface area contributed by atoms with Crippen LogP contribution in [0.25, 0.3) is 10.9 Å². The molecule has 0 radical (unpaired) electrons. The highest BCUT2D eigenvalue weighted by molar-refractivity contribution is 7.90. The smallest absolute Gasteiger partial charge is 0.325 e. The Kier molecular flexibility index (Phi) is 7.14. The predicted octanol–water partition coefficient (Wildman–Crippen LogP) is 4.06. The maximum absolute atomic E-state index is 14.6. The van der Waals surface area contributed by atoms with Gasteiger partial charge < -0.3 is 14.2 Å². The van der Waals surface area contributed by atoms with Crippen LogP contribution in [0.5, 0.6) is 5.75 Å². The highest BCUT2D eigenvalue weighted by Gasteiger charge is 2.67. The van der Waals surface area contributed by atoms with Gasteiger partial charge in [-0.1, -0.05) is 42.5 Å². The molecule has 0 saturated carbocycles. The van der Waals surface area contributed by atoms with Crippen LogP contribution in [0.4, 0.5) is 5.69 Å². The second-order valence-corrected chi connectivity index (χ2v) is 12.1. The van der Waals surface area contributed by atoms with Crippen molar-refractivity contribution in [3.8, 4) is 5.75 Å². The Morgan fingerprint density at radius 1 is 0.977 bits per heavy atom. The van der Waals surface area contributed by atoms with Crippen LogP contribution < -0.4 is 4.74 Å². The molecule has 228 valence electrons. The molecule has 3 heterocycles. The fraction of sp³-hybridized carbons (Fsp3) is 0.267. The van der Waals surface area contributed by atoms with E-state index < -0.39 is 55.0 Å². The fourth-order valence-electron chi connectivity index (χ4n) is 6.35. The Balaban J connectivity index is 1.67. The largest absolute Gasteiger partial charge is 0.497 e. The molecule has 0 N–H and O–H groups in total. The monoisotopic (exact) mass is 621 g/mol. The highest BCUT2D eigenvalue weighted by Crippen LogP contribution is 2.61. The quantitative estimate of drug-likeness (QED) is 0.121. The topological polar surface area (TPSA) is 157 Å². The minimum Gasteiger partial charge on any atom is -0.497 e. The van der Waals surface area contributed by atoms with Crippen LogP contribution in [-0.2, 0) is 40.5 Å².